The van der Waals surface area contributed by atoms with Crippen LogP contribution < -0.4 is 5.32 Å². The molecule has 3 heteroatoms. The van der Waals surface area contributed by atoms with Crippen molar-refractivity contribution in [2.45, 2.75) is 39.3 Å². The average Bonchev–Trinajstić information content (AvgIpc) is 2.51. The van der Waals surface area contributed by atoms with Gasteiger partial charge < -0.3 is 5.32 Å². The van der Waals surface area contributed by atoms with Crippen LogP contribution in [0.15, 0.2) is 15.9 Å². The van der Waals surface area contributed by atoms with E-state index < -0.39 is 0 Å². The number of halogens is 1. The third-order valence-electron chi connectivity index (χ3n) is 2.17. The molecular weight excluding hydrogens is 246 g/mol. The summed E-state index contributed by atoms with van der Waals surface area (Å²) in [5.74, 6) is 0. The molecule has 0 aromatic carbocycles. The zero-order chi connectivity index (χ0) is 9.84. The minimum atomic E-state index is 0.464. The Balaban J connectivity index is 2.53. The zero-order valence-electron chi connectivity index (χ0n) is 8.30. The molecule has 0 bridgehead atoms. The van der Waals surface area contributed by atoms with Crippen molar-refractivity contribution in [2.75, 3.05) is 0 Å². The van der Waals surface area contributed by atoms with Crippen LogP contribution in [0.2, 0.25) is 0 Å². The first-order valence-corrected chi connectivity index (χ1v) is 6.25. The zero-order valence-corrected chi connectivity index (χ0v) is 10.7. The fraction of sp³-hybridized carbons (Fsp3) is 0.600. The van der Waals surface area contributed by atoms with Crippen LogP contribution in [-0.4, -0.2) is 6.04 Å². The van der Waals surface area contributed by atoms with E-state index in [1.165, 1.54) is 15.1 Å². The van der Waals surface area contributed by atoms with Crippen LogP contribution in [0.5, 0.6) is 0 Å². The second-order valence-electron chi connectivity index (χ2n) is 3.34. The maximum atomic E-state index is 3.55. The molecule has 0 aliphatic heterocycles. The SMILES string of the molecule is CC[C@@H](C)N[C@@H](C)c1ccc(Br)s1. The summed E-state index contributed by atoms with van der Waals surface area (Å²) in [7, 11) is 0. The molecule has 74 valence electrons. The van der Waals surface area contributed by atoms with Crippen molar-refractivity contribution in [1.29, 1.82) is 0 Å². The summed E-state index contributed by atoms with van der Waals surface area (Å²) in [4.78, 5) is 1.40. The molecule has 0 saturated heterocycles. The van der Waals surface area contributed by atoms with E-state index in [2.05, 4.69) is 54.2 Å². The fourth-order valence-corrected chi connectivity index (χ4v) is 2.62. The quantitative estimate of drug-likeness (QED) is 0.866. The minimum absolute atomic E-state index is 0.464. The molecule has 1 aromatic rings. The van der Waals surface area contributed by atoms with E-state index >= 15 is 0 Å². The third-order valence-corrected chi connectivity index (χ3v) is 3.97. The second kappa shape index (κ2) is 5.13. The number of nitrogens with one attached hydrogen (secondary N) is 1. The first-order chi connectivity index (χ1) is 6.13. The van der Waals surface area contributed by atoms with Gasteiger partial charge >= 0.3 is 0 Å². The highest BCUT2D eigenvalue weighted by Gasteiger charge is 2.09. The molecule has 0 radical (unpaired) electrons. The first kappa shape index (κ1) is 11.2. The Hall–Kier alpha value is 0.140. The Bertz CT molecular complexity index is 259. The summed E-state index contributed by atoms with van der Waals surface area (Å²) in [5, 5.41) is 3.55. The Morgan fingerprint density at radius 2 is 2.15 bits per heavy atom. The van der Waals surface area contributed by atoms with Crippen LogP contribution in [0.3, 0.4) is 0 Å². The highest BCUT2D eigenvalue weighted by molar-refractivity contribution is 9.11. The molecule has 13 heavy (non-hydrogen) atoms. The lowest BCUT2D eigenvalue weighted by atomic mass is 10.2. The lowest BCUT2D eigenvalue weighted by Crippen LogP contribution is -2.27. The Labute approximate surface area is 92.7 Å². The van der Waals surface area contributed by atoms with Gasteiger partial charge in [0.2, 0.25) is 0 Å². The van der Waals surface area contributed by atoms with E-state index in [0.29, 0.717) is 12.1 Å². The highest BCUT2D eigenvalue weighted by Crippen LogP contribution is 2.27. The maximum absolute atomic E-state index is 3.55. The van der Waals surface area contributed by atoms with E-state index in [1.54, 1.807) is 11.3 Å². The van der Waals surface area contributed by atoms with Crippen molar-refractivity contribution in [1.82, 2.24) is 5.32 Å². The molecule has 0 spiro atoms. The second-order valence-corrected chi connectivity index (χ2v) is 5.83. The van der Waals surface area contributed by atoms with Crippen molar-refractivity contribution in [3.63, 3.8) is 0 Å². The predicted molar refractivity (Wildman–Crippen MR) is 63.3 cm³/mol. The van der Waals surface area contributed by atoms with Gasteiger partial charge in [0.25, 0.3) is 0 Å². The van der Waals surface area contributed by atoms with Crippen LogP contribution in [0.1, 0.15) is 38.1 Å². The first-order valence-electron chi connectivity index (χ1n) is 4.64. The summed E-state index contributed by atoms with van der Waals surface area (Å²) < 4.78 is 1.21. The molecule has 2 atom stereocenters. The van der Waals surface area contributed by atoms with Gasteiger partial charge in [0.1, 0.15) is 0 Å². The lowest BCUT2D eigenvalue weighted by Gasteiger charge is -2.17. The molecule has 0 saturated carbocycles. The largest absolute Gasteiger partial charge is 0.307 e. The molecule has 1 N–H and O–H groups in total. The van der Waals surface area contributed by atoms with E-state index in [0.717, 1.165) is 0 Å². The Morgan fingerprint density at radius 3 is 2.62 bits per heavy atom. The Kier molecular flexibility index (Phi) is 4.42. The van der Waals surface area contributed by atoms with Crippen LogP contribution in [-0.2, 0) is 0 Å². The smallest absolute Gasteiger partial charge is 0.0701 e. The van der Waals surface area contributed by atoms with E-state index in [1.807, 2.05) is 0 Å². The summed E-state index contributed by atoms with van der Waals surface area (Å²) in [5.41, 5.74) is 0. The fourth-order valence-electron chi connectivity index (χ4n) is 1.19. The molecular formula is C10H16BrNS. The van der Waals surface area contributed by atoms with Gasteiger partial charge in [-0.2, -0.15) is 0 Å². The standard InChI is InChI=1S/C10H16BrNS/c1-4-7(2)12-8(3)9-5-6-10(11)13-9/h5-8,12H,4H2,1-3H3/t7-,8+/m1/s1. The summed E-state index contributed by atoms with van der Waals surface area (Å²) in [6.07, 6.45) is 1.18. The molecule has 0 aliphatic rings. The van der Waals surface area contributed by atoms with Gasteiger partial charge in [-0.15, -0.1) is 11.3 Å². The van der Waals surface area contributed by atoms with Crippen LogP contribution >= 0.6 is 27.3 Å². The molecule has 1 aromatic heterocycles. The van der Waals surface area contributed by atoms with Crippen molar-refractivity contribution >= 4 is 27.3 Å². The minimum Gasteiger partial charge on any atom is -0.307 e. The van der Waals surface area contributed by atoms with Crippen molar-refractivity contribution < 1.29 is 0 Å². The predicted octanol–water partition coefficient (Wildman–Crippen LogP) is 3.96. The van der Waals surface area contributed by atoms with Crippen LogP contribution in [0.25, 0.3) is 0 Å². The molecule has 0 aliphatic carbocycles. The van der Waals surface area contributed by atoms with Gasteiger partial charge in [0.05, 0.1) is 3.79 Å². The lowest BCUT2D eigenvalue weighted by molar-refractivity contribution is 0.474. The normalized spacial score (nSPS) is 15.7. The van der Waals surface area contributed by atoms with Crippen LogP contribution in [0, 0.1) is 0 Å². The third kappa shape index (κ3) is 3.41. The van der Waals surface area contributed by atoms with Gasteiger partial charge in [-0.3, -0.25) is 0 Å². The van der Waals surface area contributed by atoms with Crippen molar-refractivity contribution in [3.05, 3.63) is 20.8 Å². The van der Waals surface area contributed by atoms with E-state index in [4.69, 9.17) is 0 Å². The average molecular weight is 262 g/mol. The molecule has 0 unspecified atom stereocenters. The monoisotopic (exact) mass is 261 g/mol. The Morgan fingerprint density at radius 1 is 1.46 bits per heavy atom. The summed E-state index contributed by atoms with van der Waals surface area (Å²) in [6, 6.07) is 5.34. The number of rotatable bonds is 4. The summed E-state index contributed by atoms with van der Waals surface area (Å²) in [6.45, 7) is 6.64. The van der Waals surface area contributed by atoms with Crippen LogP contribution in [0.4, 0.5) is 0 Å². The number of hydrogen-bond donors (Lipinski definition) is 1. The van der Waals surface area contributed by atoms with Gasteiger partial charge in [0, 0.05) is 17.0 Å². The maximum Gasteiger partial charge on any atom is 0.0701 e. The topological polar surface area (TPSA) is 12.0 Å². The van der Waals surface area contributed by atoms with Crippen molar-refractivity contribution in [3.8, 4) is 0 Å². The summed E-state index contributed by atoms with van der Waals surface area (Å²) >= 11 is 5.28. The molecule has 0 fully saturated rings. The van der Waals surface area contributed by atoms with E-state index in [-0.39, 0.29) is 0 Å². The van der Waals surface area contributed by atoms with Gasteiger partial charge in [-0.05, 0) is 48.3 Å². The van der Waals surface area contributed by atoms with Gasteiger partial charge in [-0.1, -0.05) is 6.92 Å². The van der Waals surface area contributed by atoms with Gasteiger partial charge in [0.15, 0.2) is 0 Å². The number of thiophene rings is 1. The van der Waals surface area contributed by atoms with Gasteiger partial charge in [-0.25, -0.2) is 0 Å². The number of hydrogen-bond acceptors (Lipinski definition) is 2. The molecule has 1 heterocycles. The highest BCUT2D eigenvalue weighted by atomic mass is 79.9. The van der Waals surface area contributed by atoms with E-state index in [9.17, 15) is 0 Å². The molecule has 1 nitrogen and oxygen atoms in total. The molecule has 0 amide bonds. The van der Waals surface area contributed by atoms with Crippen molar-refractivity contribution in [2.24, 2.45) is 0 Å². The molecule has 1 rings (SSSR count).